The van der Waals surface area contributed by atoms with E-state index >= 15 is 0 Å². The van der Waals surface area contributed by atoms with Crippen LogP contribution in [0.1, 0.15) is 37.5 Å². The van der Waals surface area contributed by atoms with E-state index < -0.39 is 0 Å². The Morgan fingerprint density at radius 3 is 2.27 bits per heavy atom. The Morgan fingerprint density at radius 2 is 1.73 bits per heavy atom. The molecular formula is C14H23N. The van der Waals surface area contributed by atoms with Gasteiger partial charge in [0.2, 0.25) is 0 Å². The summed E-state index contributed by atoms with van der Waals surface area (Å²) >= 11 is 0. The molecule has 0 unspecified atom stereocenters. The average Bonchev–Trinajstić information content (AvgIpc) is 2.09. The van der Waals surface area contributed by atoms with Gasteiger partial charge < -0.3 is 5.32 Å². The molecule has 0 saturated carbocycles. The van der Waals surface area contributed by atoms with Crippen LogP contribution in [0.2, 0.25) is 0 Å². The maximum absolute atomic E-state index is 3.50. The Labute approximate surface area is 93.9 Å². The molecular weight excluding hydrogens is 182 g/mol. The minimum Gasteiger partial charge on any atom is -0.312 e. The van der Waals surface area contributed by atoms with Crippen molar-refractivity contribution in [2.24, 2.45) is 0 Å². The fraction of sp³-hybridized carbons (Fsp3) is 0.571. The van der Waals surface area contributed by atoms with E-state index in [2.05, 4.69) is 58.1 Å². The van der Waals surface area contributed by atoms with Crippen molar-refractivity contribution >= 4 is 0 Å². The fourth-order valence-electron chi connectivity index (χ4n) is 1.54. The molecule has 0 heterocycles. The number of hydrogen-bond acceptors (Lipinski definition) is 1. The molecule has 0 aromatic heterocycles. The number of rotatable bonds is 3. The van der Waals surface area contributed by atoms with Crippen molar-refractivity contribution in [2.75, 3.05) is 6.54 Å². The second-order valence-corrected chi connectivity index (χ2v) is 5.35. The summed E-state index contributed by atoms with van der Waals surface area (Å²) in [5.74, 6) is 0. The zero-order valence-corrected chi connectivity index (χ0v) is 10.6. The monoisotopic (exact) mass is 205 g/mol. The lowest BCUT2D eigenvalue weighted by Crippen LogP contribution is -2.37. The van der Waals surface area contributed by atoms with Gasteiger partial charge in [0, 0.05) is 5.54 Å². The molecule has 1 aromatic carbocycles. The summed E-state index contributed by atoms with van der Waals surface area (Å²) in [5, 5.41) is 3.50. The number of aryl methyl sites for hydroxylation is 2. The van der Waals surface area contributed by atoms with Gasteiger partial charge in [0.15, 0.2) is 0 Å². The first-order chi connectivity index (χ1) is 6.88. The summed E-state index contributed by atoms with van der Waals surface area (Å²) < 4.78 is 0. The van der Waals surface area contributed by atoms with Crippen LogP contribution in [0.4, 0.5) is 0 Å². The second-order valence-electron chi connectivity index (χ2n) is 5.35. The van der Waals surface area contributed by atoms with Gasteiger partial charge in [-0.05, 0) is 64.3 Å². The van der Waals surface area contributed by atoms with E-state index in [-0.39, 0.29) is 5.54 Å². The summed E-state index contributed by atoms with van der Waals surface area (Å²) in [7, 11) is 0. The third kappa shape index (κ3) is 4.48. The van der Waals surface area contributed by atoms with Crippen LogP contribution in [0.25, 0.3) is 0 Å². The molecule has 0 aliphatic carbocycles. The SMILES string of the molecule is Cc1ccc(CCNC(C)(C)C)cc1C. The van der Waals surface area contributed by atoms with Gasteiger partial charge in [-0.15, -0.1) is 0 Å². The standard InChI is InChI=1S/C14H23N/c1-11-6-7-13(10-12(11)2)8-9-15-14(3,4)5/h6-7,10,15H,8-9H2,1-5H3. The highest BCUT2D eigenvalue weighted by molar-refractivity contribution is 5.30. The molecule has 1 heteroatoms. The van der Waals surface area contributed by atoms with Crippen LogP contribution in [0.3, 0.4) is 0 Å². The Kier molecular flexibility index (Phi) is 3.92. The van der Waals surface area contributed by atoms with Gasteiger partial charge in [-0.2, -0.15) is 0 Å². The number of benzene rings is 1. The molecule has 15 heavy (non-hydrogen) atoms. The van der Waals surface area contributed by atoms with Gasteiger partial charge in [0.05, 0.1) is 0 Å². The Balaban J connectivity index is 2.48. The highest BCUT2D eigenvalue weighted by atomic mass is 14.9. The minimum atomic E-state index is 0.222. The van der Waals surface area contributed by atoms with Gasteiger partial charge in [0.1, 0.15) is 0 Å². The first kappa shape index (κ1) is 12.3. The Morgan fingerprint density at radius 1 is 1.07 bits per heavy atom. The van der Waals surface area contributed by atoms with Gasteiger partial charge in [-0.25, -0.2) is 0 Å². The van der Waals surface area contributed by atoms with Gasteiger partial charge in [-0.1, -0.05) is 18.2 Å². The first-order valence-corrected chi connectivity index (χ1v) is 5.70. The quantitative estimate of drug-likeness (QED) is 0.799. The molecule has 1 aromatic rings. The van der Waals surface area contributed by atoms with E-state index in [0.717, 1.165) is 13.0 Å². The van der Waals surface area contributed by atoms with E-state index in [4.69, 9.17) is 0 Å². The van der Waals surface area contributed by atoms with Gasteiger partial charge >= 0.3 is 0 Å². The molecule has 1 rings (SSSR count). The largest absolute Gasteiger partial charge is 0.312 e. The van der Waals surface area contributed by atoms with Gasteiger partial charge in [0.25, 0.3) is 0 Å². The summed E-state index contributed by atoms with van der Waals surface area (Å²) in [5.41, 5.74) is 4.42. The predicted molar refractivity (Wildman–Crippen MR) is 67.4 cm³/mol. The van der Waals surface area contributed by atoms with Crippen LogP contribution in [0, 0.1) is 13.8 Å². The zero-order valence-electron chi connectivity index (χ0n) is 10.6. The van der Waals surface area contributed by atoms with Crippen LogP contribution in [0.15, 0.2) is 18.2 Å². The summed E-state index contributed by atoms with van der Waals surface area (Å²) in [6.07, 6.45) is 1.11. The molecule has 1 nitrogen and oxygen atoms in total. The van der Waals surface area contributed by atoms with E-state index in [1.54, 1.807) is 0 Å². The third-order valence-electron chi connectivity index (χ3n) is 2.64. The van der Waals surface area contributed by atoms with E-state index in [1.807, 2.05) is 0 Å². The van der Waals surface area contributed by atoms with Crippen molar-refractivity contribution in [1.82, 2.24) is 5.32 Å². The van der Waals surface area contributed by atoms with Crippen molar-refractivity contribution in [1.29, 1.82) is 0 Å². The van der Waals surface area contributed by atoms with Crippen molar-refractivity contribution in [3.8, 4) is 0 Å². The van der Waals surface area contributed by atoms with Crippen LogP contribution in [0.5, 0.6) is 0 Å². The predicted octanol–water partition coefficient (Wildman–Crippen LogP) is 3.23. The molecule has 0 saturated heterocycles. The maximum Gasteiger partial charge on any atom is 0.00966 e. The van der Waals surface area contributed by atoms with Crippen LogP contribution >= 0.6 is 0 Å². The highest BCUT2D eigenvalue weighted by Crippen LogP contribution is 2.10. The Hall–Kier alpha value is -0.820. The van der Waals surface area contributed by atoms with Crippen LogP contribution in [-0.2, 0) is 6.42 Å². The normalized spacial score (nSPS) is 11.8. The third-order valence-corrected chi connectivity index (χ3v) is 2.64. The molecule has 0 radical (unpaired) electrons. The zero-order chi connectivity index (χ0) is 11.5. The van der Waals surface area contributed by atoms with Crippen molar-refractivity contribution < 1.29 is 0 Å². The lowest BCUT2D eigenvalue weighted by molar-refractivity contribution is 0.429. The topological polar surface area (TPSA) is 12.0 Å². The van der Waals surface area contributed by atoms with Crippen LogP contribution < -0.4 is 5.32 Å². The molecule has 84 valence electrons. The molecule has 0 atom stereocenters. The highest BCUT2D eigenvalue weighted by Gasteiger charge is 2.07. The fourth-order valence-corrected chi connectivity index (χ4v) is 1.54. The number of hydrogen-bond donors (Lipinski definition) is 1. The maximum atomic E-state index is 3.50. The van der Waals surface area contributed by atoms with Gasteiger partial charge in [-0.3, -0.25) is 0 Å². The molecule has 1 N–H and O–H groups in total. The van der Waals surface area contributed by atoms with Crippen molar-refractivity contribution in [3.63, 3.8) is 0 Å². The molecule has 0 aliphatic rings. The molecule has 0 bridgehead atoms. The molecule has 0 spiro atoms. The van der Waals surface area contributed by atoms with Crippen molar-refractivity contribution in [2.45, 2.75) is 46.6 Å². The van der Waals surface area contributed by atoms with Crippen molar-refractivity contribution in [3.05, 3.63) is 34.9 Å². The lowest BCUT2D eigenvalue weighted by atomic mass is 10.0. The summed E-state index contributed by atoms with van der Waals surface area (Å²) in [6.45, 7) is 12.0. The lowest BCUT2D eigenvalue weighted by Gasteiger charge is -2.20. The number of nitrogens with one attached hydrogen (secondary N) is 1. The molecule has 0 aliphatic heterocycles. The second kappa shape index (κ2) is 4.80. The molecule has 0 amide bonds. The summed E-state index contributed by atoms with van der Waals surface area (Å²) in [4.78, 5) is 0. The van der Waals surface area contributed by atoms with Crippen LogP contribution in [-0.4, -0.2) is 12.1 Å². The Bertz CT molecular complexity index is 321. The average molecular weight is 205 g/mol. The van der Waals surface area contributed by atoms with E-state index in [1.165, 1.54) is 16.7 Å². The first-order valence-electron chi connectivity index (χ1n) is 5.70. The van der Waals surface area contributed by atoms with E-state index in [0.29, 0.717) is 0 Å². The summed E-state index contributed by atoms with van der Waals surface area (Å²) in [6, 6.07) is 6.73. The van der Waals surface area contributed by atoms with E-state index in [9.17, 15) is 0 Å². The smallest absolute Gasteiger partial charge is 0.00966 e. The minimum absolute atomic E-state index is 0.222. The molecule has 0 fully saturated rings.